The van der Waals surface area contributed by atoms with Gasteiger partial charge in [0.25, 0.3) is 11.8 Å². The molecule has 5 heterocycles. The van der Waals surface area contributed by atoms with Crippen molar-refractivity contribution in [3.05, 3.63) is 59.5 Å². The van der Waals surface area contributed by atoms with Crippen LogP contribution in [0.1, 0.15) is 76.9 Å². The topological polar surface area (TPSA) is 133 Å². The fourth-order valence-electron chi connectivity index (χ4n) is 7.20. The van der Waals surface area contributed by atoms with Crippen molar-refractivity contribution in [1.29, 1.82) is 0 Å². The van der Waals surface area contributed by atoms with Crippen LogP contribution in [0.25, 0.3) is 11.3 Å². The Balaban J connectivity index is 0.906. The third kappa shape index (κ3) is 5.24. The zero-order valence-corrected chi connectivity index (χ0v) is 25.9. The van der Waals surface area contributed by atoms with Gasteiger partial charge in [0.05, 0.1) is 28.6 Å². The standard InChI is InChI=1S/C34H38N8O4/c1-39-10-12-40(13-11-39)23-8-9-35-28(17-23)27-19-41(38-31(27)21-2-3-21)24-14-20(15-24)18-36-22-4-5-25-26(16-22)34(46)42(33(25)45)29-6-7-30(43)37-32(29)44/h4-5,8-9,16-17,19-21,24,29,36H,2-3,6-7,10-15,18H2,1H3,(H,37,43,44)/t20-,24-,29?. The summed E-state index contributed by atoms with van der Waals surface area (Å²) in [4.78, 5) is 60.7. The highest BCUT2D eigenvalue weighted by Gasteiger charge is 2.44. The Morgan fingerprint density at radius 2 is 1.70 bits per heavy atom. The number of hydrogen-bond donors (Lipinski definition) is 2. The number of amides is 4. The molecule has 4 amide bonds. The monoisotopic (exact) mass is 622 g/mol. The Labute approximate surface area is 267 Å². The minimum absolute atomic E-state index is 0.0989. The first kappa shape index (κ1) is 28.9. The fraction of sp³-hybridized carbons (Fsp3) is 0.471. The van der Waals surface area contributed by atoms with E-state index >= 15 is 0 Å². The Hall–Kier alpha value is -4.58. The van der Waals surface area contributed by atoms with Crippen LogP contribution in [0.4, 0.5) is 11.4 Å². The number of anilines is 2. The quantitative estimate of drug-likeness (QED) is 0.364. The van der Waals surface area contributed by atoms with Crippen LogP contribution in [0, 0.1) is 5.92 Å². The van der Waals surface area contributed by atoms with E-state index in [2.05, 4.69) is 50.5 Å². The Morgan fingerprint density at radius 1 is 0.913 bits per heavy atom. The lowest BCUT2D eigenvalue weighted by molar-refractivity contribution is -0.136. The van der Waals surface area contributed by atoms with E-state index in [0.29, 0.717) is 17.9 Å². The molecule has 2 saturated carbocycles. The lowest BCUT2D eigenvalue weighted by Crippen LogP contribution is -2.54. The second kappa shape index (κ2) is 11.3. The van der Waals surface area contributed by atoms with E-state index < -0.39 is 23.8 Å². The minimum Gasteiger partial charge on any atom is -0.385 e. The number of piperazine rings is 1. The van der Waals surface area contributed by atoms with Crippen LogP contribution in [-0.2, 0) is 9.59 Å². The lowest BCUT2D eigenvalue weighted by atomic mass is 9.80. The first-order chi connectivity index (χ1) is 22.3. The number of piperidine rings is 1. The van der Waals surface area contributed by atoms with E-state index in [9.17, 15) is 19.2 Å². The molecule has 5 aliphatic rings. The summed E-state index contributed by atoms with van der Waals surface area (Å²) < 4.78 is 2.16. The molecule has 1 unspecified atom stereocenters. The zero-order valence-electron chi connectivity index (χ0n) is 25.9. The van der Waals surface area contributed by atoms with Gasteiger partial charge in [-0.15, -0.1) is 0 Å². The first-order valence-corrected chi connectivity index (χ1v) is 16.4. The van der Waals surface area contributed by atoms with Gasteiger partial charge >= 0.3 is 0 Å². The van der Waals surface area contributed by atoms with Crippen LogP contribution >= 0.6 is 0 Å². The highest BCUT2D eigenvalue weighted by atomic mass is 16.2. The number of carbonyl (C=O) groups excluding carboxylic acids is 4. The summed E-state index contributed by atoms with van der Waals surface area (Å²) in [5, 5.41) is 10.8. The Morgan fingerprint density at radius 3 is 2.46 bits per heavy atom. The zero-order chi connectivity index (χ0) is 31.5. The predicted octanol–water partition coefficient (Wildman–Crippen LogP) is 3.04. The molecule has 0 spiro atoms. The third-order valence-corrected chi connectivity index (χ3v) is 10.2. The van der Waals surface area contributed by atoms with Crippen LogP contribution in [0.2, 0.25) is 0 Å². The van der Waals surface area contributed by atoms with Gasteiger partial charge < -0.3 is 15.1 Å². The minimum atomic E-state index is -0.965. The number of likely N-dealkylation sites (N-methyl/N-ethyl adjacent to an activating group) is 1. The van der Waals surface area contributed by atoms with Crippen molar-refractivity contribution >= 4 is 35.0 Å². The maximum atomic E-state index is 13.2. The van der Waals surface area contributed by atoms with E-state index in [0.717, 1.165) is 67.4 Å². The first-order valence-electron chi connectivity index (χ1n) is 16.4. The van der Waals surface area contributed by atoms with Gasteiger partial charge in [0.1, 0.15) is 6.04 Å². The number of pyridine rings is 1. The summed E-state index contributed by atoms with van der Waals surface area (Å²) in [6.45, 7) is 4.91. The number of fused-ring (bicyclic) bond motifs is 1. The van der Waals surface area contributed by atoms with Gasteiger partial charge in [0, 0.05) is 74.4 Å². The van der Waals surface area contributed by atoms with Crippen LogP contribution in [0.3, 0.4) is 0 Å². The molecule has 1 aromatic carbocycles. The van der Waals surface area contributed by atoms with Crippen LogP contribution in [0.5, 0.6) is 0 Å². The Kier molecular flexibility index (Phi) is 7.12. The summed E-state index contributed by atoms with van der Waals surface area (Å²) in [6.07, 6.45) is 8.73. The SMILES string of the molecule is CN1CCN(c2ccnc(-c3cn([C@H]4C[C@H](CNc5ccc6c(c5)C(=O)N(C5CCC(=O)NC5=O)C6=O)C4)nc3C3CC3)c2)CC1. The van der Waals surface area contributed by atoms with Gasteiger partial charge in [0.2, 0.25) is 11.8 Å². The van der Waals surface area contributed by atoms with Crippen molar-refractivity contribution in [2.45, 2.75) is 56.5 Å². The van der Waals surface area contributed by atoms with Crippen molar-refractivity contribution in [3.8, 4) is 11.3 Å². The van der Waals surface area contributed by atoms with Crippen molar-refractivity contribution in [2.24, 2.45) is 5.92 Å². The molecule has 2 aliphatic carbocycles. The Bertz CT molecular complexity index is 1730. The molecule has 2 N–H and O–H groups in total. The smallest absolute Gasteiger partial charge is 0.262 e. The van der Waals surface area contributed by atoms with Gasteiger partial charge in [-0.3, -0.25) is 39.1 Å². The number of aromatic nitrogens is 3. The van der Waals surface area contributed by atoms with E-state index in [1.165, 1.54) is 24.2 Å². The highest BCUT2D eigenvalue weighted by molar-refractivity contribution is 6.23. The molecule has 1 atom stereocenters. The van der Waals surface area contributed by atoms with Gasteiger partial charge in [-0.2, -0.15) is 5.10 Å². The molecule has 2 aromatic heterocycles. The summed E-state index contributed by atoms with van der Waals surface area (Å²) in [6, 6.07) is 8.86. The van der Waals surface area contributed by atoms with E-state index in [1.807, 2.05) is 6.20 Å². The fourth-order valence-corrected chi connectivity index (χ4v) is 7.20. The number of nitrogens with zero attached hydrogens (tertiary/aromatic N) is 6. The van der Waals surface area contributed by atoms with Gasteiger partial charge in [-0.25, -0.2) is 0 Å². The van der Waals surface area contributed by atoms with Crippen molar-refractivity contribution in [3.63, 3.8) is 0 Å². The molecule has 2 saturated heterocycles. The highest BCUT2D eigenvalue weighted by Crippen LogP contribution is 2.46. The van der Waals surface area contributed by atoms with Crippen molar-refractivity contribution < 1.29 is 19.2 Å². The van der Waals surface area contributed by atoms with Gasteiger partial charge in [-0.1, -0.05) is 0 Å². The third-order valence-electron chi connectivity index (χ3n) is 10.2. The number of rotatable bonds is 8. The van der Waals surface area contributed by atoms with Crippen LogP contribution < -0.4 is 15.5 Å². The maximum absolute atomic E-state index is 13.2. The van der Waals surface area contributed by atoms with Crippen molar-refractivity contribution in [1.82, 2.24) is 29.9 Å². The molecule has 3 aliphatic heterocycles. The van der Waals surface area contributed by atoms with Gasteiger partial charge in [0.15, 0.2) is 0 Å². The summed E-state index contributed by atoms with van der Waals surface area (Å²) in [5.41, 5.74) is 5.89. The average molecular weight is 623 g/mol. The number of hydrogen-bond acceptors (Lipinski definition) is 9. The maximum Gasteiger partial charge on any atom is 0.262 e. The molecular weight excluding hydrogens is 584 g/mol. The molecule has 12 nitrogen and oxygen atoms in total. The molecule has 8 rings (SSSR count). The molecule has 238 valence electrons. The summed E-state index contributed by atoms with van der Waals surface area (Å²) in [5.74, 6) is -1.01. The molecular formula is C34H38N8O4. The predicted molar refractivity (Wildman–Crippen MR) is 171 cm³/mol. The second-order valence-electron chi connectivity index (χ2n) is 13.5. The van der Waals surface area contributed by atoms with E-state index in [4.69, 9.17) is 10.1 Å². The summed E-state index contributed by atoms with van der Waals surface area (Å²) >= 11 is 0. The number of benzene rings is 1. The molecule has 0 radical (unpaired) electrons. The molecule has 46 heavy (non-hydrogen) atoms. The molecule has 12 heteroatoms. The lowest BCUT2D eigenvalue weighted by Gasteiger charge is -2.35. The normalized spacial score (nSPS) is 25.0. The number of nitrogens with one attached hydrogen (secondary N) is 2. The molecule has 3 aromatic rings. The summed E-state index contributed by atoms with van der Waals surface area (Å²) in [7, 11) is 2.17. The number of carbonyl (C=O) groups is 4. The largest absolute Gasteiger partial charge is 0.385 e. The van der Waals surface area contributed by atoms with E-state index in [-0.39, 0.29) is 29.9 Å². The molecule has 4 fully saturated rings. The average Bonchev–Trinajstić information content (AvgIpc) is 3.74. The molecule has 0 bridgehead atoms. The second-order valence-corrected chi connectivity index (χ2v) is 13.5. The van der Waals surface area contributed by atoms with E-state index in [1.54, 1.807) is 18.2 Å². The van der Waals surface area contributed by atoms with Crippen LogP contribution in [-0.4, -0.2) is 94.0 Å². The van der Waals surface area contributed by atoms with Crippen molar-refractivity contribution in [2.75, 3.05) is 50.0 Å². The van der Waals surface area contributed by atoms with Crippen LogP contribution in [0.15, 0.2) is 42.7 Å². The number of imide groups is 2. The van der Waals surface area contributed by atoms with Gasteiger partial charge in [-0.05, 0) is 75.4 Å².